The third kappa shape index (κ3) is 5.44. The smallest absolute Gasteiger partial charge is 0.274 e. The summed E-state index contributed by atoms with van der Waals surface area (Å²) in [5.41, 5.74) is 1.90. The zero-order valence-corrected chi connectivity index (χ0v) is 17.7. The second-order valence-electron chi connectivity index (χ2n) is 7.53. The maximum Gasteiger partial charge on any atom is 0.274 e. The topological polar surface area (TPSA) is 112 Å². The van der Waals surface area contributed by atoms with Crippen LogP contribution in [0.5, 0.6) is 5.75 Å². The van der Waals surface area contributed by atoms with Gasteiger partial charge >= 0.3 is 0 Å². The number of hydrogen-bond acceptors (Lipinski definition) is 6. The maximum atomic E-state index is 12.7. The van der Waals surface area contributed by atoms with Crippen molar-refractivity contribution in [2.24, 2.45) is 5.92 Å². The molecular formula is C22H25N5O4. The summed E-state index contributed by atoms with van der Waals surface area (Å²) in [6.07, 6.45) is 0.945. The highest BCUT2D eigenvalue weighted by Gasteiger charge is 2.19. The number of para-hydroxylation sites is 1. The molecule has 1 amide bonds. The van der Waals surface area contributed by atoms with Crippen LogP contribution in [0.2, 0.25) is 0 Å². The number of rotatable bonds is 9. The van der Waals surface area contributed by atoms with Gasteiger partial charge < -0.3 is 10.1 Å². The highest BCUT2D eigenvalue weighted by molar-refractivity contribution is 5.93. The Morgan fingerprint density at radius 1 is 1.23 bits per heavy atom. The van der Waals surface area contributed by atoms with E-state index < -0.39 is 4.92 Å². The molecule has 3 aromatic rings. The Hall–Kier alpha value is -3.75. The molecule has 0 radical (unpaired) electrons. The predicted molar refractivity (Wildman–Crippen MR) is 115 cm³/mol. The van der Waals surface area contributed by atoms with Crippen LogP contribution < -0.4 is 10.1 Å². The summed E-state index contributed by atoms with van der Waals surface area (Å²) < 4.78 is 7.27. The first-order chi connectivity index (χ1) is 14.9. The van der Waals surface area contributed by atoms with Crippen LogP contribution in [0.3, 0.4) is 0 Å². The van der Waals surface area contributed by atoms with Gasteiger partial charge in [0.25, 0.3) is 11.6 Å². The Bertz CT molecular complexity index is 1080. The Morgan fingerprint density at radius 2 is 2.00 bits per heavy atom. The molecular weight excluding hydrogens is 398 g/mol. The third-order valence-electron chi connectivity index (χ3n) is 4.76. The summed E-state index contributed by atoms with van der Waals surface area (Å²) in [7, 11) is 0. The van der Waals surface area contributed by atoms with E-state index in [0.717, 1.165) is 17.7 Å². The summed E-state index contributed by atoms with van der Waals surface area (Å²) in [5, 5.41) is 21.8. The van der Waals surface area contributed by atoms with Gasteiger partial charge in [-0.15, -0.1) is 5.10 Å². The van der Waals surface area contributed by atoms with Crippen molar-refractivity contribution in [1.29, 1.82) is 0 Å². The van der Waals surface area contributed by atoms with Crippen LogP contribution in [0, 0.1) is 23.0 Å². The van der Waals surface area contributed by atoms with Crippen molar-refractivity contribution < 1.29 is 14.5 Å². The number of hydrogen-bond donors (Lipinski definition) is 1. The second kappa shape index (κ2) is 9.84. The van der Waals surface area contributed by atoms with Crippen molar-refractivity contribution in [3.8, 4) is 11.4 Å². The number of carbonyl (C=O) groups is 1. The molecule has 0 fully saturated rings. The second-order valence-corrected chi connectivity index (χ2v) is 7.53. The zero-order valence-electron chi connectivity index (χ0n) is 17.7. The van der Waals surface area contributed by atoms with E-state index in [0.29, 0.717) is 23.9 Å². The van der Waals surface area contributed by atoms with Crippen LogP contribution in [0.1, 0.15) is 42.0 Å². The van der Waals surface area contributed by atoms with Gasteiger partial charge in [-0.25, -0.2) is 4.68 Å². The van der Waals surface area contributed by atoms with E-state index in [-0.39, 0.29) is 23.8 Å². The molecule has 0 aliphatic carbocycles. The van der Waals surface area contributed by atoms with E-state index in [4.69, 9.17) is 4.74 Å². The van der Waals surface area contributed by atoms with Gasteiger partial charge in [0.2, 0.25) is 0 Å². The average Bonchev–Trinajstić information content (AvgIpc) is 3.14. The molecule has 0 spiro atoms. The first-order valence-electron chi connectivity index (χ1n) is 10.0. The maximum absolute atomic E-state index is 12.7. The first-order valence-corrected chi connectivity index (χ1v) is 10.0. The lowest BCUT2D eigenvalue weighted by Gasteiger charge is -2.13. The Kier molecular flexibility index (Phi) is 6.96. The Balaban J connectivity index is 1.70. The molecule has 0 saturated carbocycles. The highest BCUT2D eigenvalue weighted by Crippen LogP contribution is 2.20. The van der Waals surface area contributed by atoms with Crippen LogP contribution >= 0.6 is 0 Å². The predicted octanol–water partition coefficient (Wildman–Crippen LogP) is 3.84. The average molecular weight is 423 g/mol. The van der Waals surface area contributed by atoms with Crippen LogP contribution in [0.15, 0.2) is 48.5 Å². The molecule has 0 aliphatic heterocycles. The van der Waals surface area contributed by atoms with Gasteiger partial charge in [0, 0.05) is 24.2 Å². The molecule has 9 heteroatoms. The van der Waals surface area contributed by atoms with Crippen LogP contribution in [0.4, 0.5) is 5.69 Å². The fourth-order valence-corrected chi connectivity index (χ4v) is 2.98. The van der Waals surface area contributed by atoms with Crippen molar-refractivity contribution in [2.45, 2.75) is 33.7 Å². The summed E-state index contributed by atoms with van der Waals surface area (Å²) >= 11 is 0. The van der Waals surface area contributed by atoms with Gasteiger partial charge in [-0.3, -0.25) is 14.9 Å². The molecule has 0 atom stereocenters. The number of nitro groups is 1. The van der Waals surface area contributed by atoms with Crippen LogP contribution in [-0.4, -0.2) is 32.4 Å². The minimum atomic E-state index is -0.482. The van der Waals surface area contributed by atoms with Crippen molar-refractivity contribution in [3.05, 3.63) is 75.6 Å². The number of benzene rings is 2. The van der Waals surface area contributed by atoms with E-state index in [1.165, 1.54) is 16.8 Å². The highest BCUT2D eigenvalue weighted by atomic mass is 16.6. The number of nitrogens with zero attached hydrogens (tertiary/aromatic N) is 4. The lowest BCUT2D eigenvalue weighted by atomic mass is 10.1. The van der Waals surface area contributed by atoms with E-state index in [1.54, 1.807) is 19.1 Å². The van der Waals surface area contributed by atoms with Gasteiger partial charge in [0.1, 0.15) is 5.75 Å². The number of aromatic nitrogens is 3. The van der Waals surface area contributed by atoms with Crippen LogP contribution in [-0.2, 0) is 6.54 Å². The van der Waals surface area contributed by atoms with Crippen molar-refractivity contribution in [2.75, 3.05) is 6.61 Å². The van der Waals surface area contributed by atoms with Crippen LogP contribution in [0.25, 0.3) is 5.69 Å². The SMILES string of the molecule is Cc1c(C(=O)NCc2ccccc2OCCC(C)C)nnn1-c1cccc([N+](=O)[O-])c1. The van der Waals surface area contributed by atoms with Gasteiger partial charge in [-0.05, 0) is 31.4 Å². The van der Waals surface area contributed by atoms with E-state index in [2.05, 4.69) is 29.5 Å². The number of carbonyl (C=O) groups excluding carboxylic acids is 1. The molecule has 9 nitrogen and oxygen atoms in total. The van der Waals surface area contributed by atoms with Gasteiger partial charge in [0.15, 0.2) is 5.69 Å². The molecule has 1 heterocycles. The summed E-state index contributed by atoms with van der Waals surface area (Å²) in [5.74, 6) is 0.898. The number of non-ortho nitro benzene ring substituents is 1. The lowest BCUT2D eigenvalue weighted by Crippen LogP contribution is -2.24. The standard InChI is InChI=1S/C22H25N5O4/c1-15(2)11-12-31-20-10-5-4-7-17(20)14-23-22(28)21-16(3)26(25-24-21)18-8-6-9-19(13-18)27(29)30/h4-10,13,15H,11-12,14H2,1-3H3,(H,23,28). The normalized spacial score (nSPS) is 10.8. The summed E-state index contributed by atoms with van der Waals surface area (Å²) in [6.45, 7) is 6.85. The molecule has 0 unspecified atom stereocenters. The third-order valence-corrected chi connectivity index (χ3v) is 4.76. The number of ether oxygens (including phenoxy) is 1. The molecule has 0 saturated heterocycles. The summed E-state index contributed by atoms with van der Waals surface area (Å²) in [6, 6.07) is 13.6. The quantitative estimate of drug-likeness (QED) is 0.413. The largest absolute Gasteiger partial charge is 0.493 e. The number of nitrogens with one attached hydrogen (secondary N) is 1. The molecule has 162 valence electrons. The number of nitro benzene ring substituents is 1. The minimum Gasteiger partial charge on any atom is -0.493 e. The fraction of sp³-hybridized carbons (Fsp3) is 0.318. The molecule has 0 bridgehead atoms. The lowest BCUT2D eigenvalue weighted by molar-refractivity contribution is -0.384. The fourth-order valence-electron chi connectivity index (χ4n) is 2.98. The molecule has 3 rings (SSSR count). The van der Waals surface area contributed by atoms with Gasteiger partial charge in [0.05, 0.1) is 22.9 Å². The molecule has 1 N–H and O–H groups in total. The van der Waals surface area contributed by atoms with Gasteiger partial charge in [-0.1, -0.05) is 43.3 Å². The van der Waals surface area contributed by atoms with Crippen molar-refractivity contribution in [3.63, 3.8) is 0 Å². The monoisotopic (exact) mass is 423 g/mol. The Labute approximate surface area is 180 Å². The summed E-state index contributed by atoms with van der Waals surface area (Å²) in [4.78, 5) is 23.2. The Morgan fingerprint density at radius 3 is 2.74 bits per heavy atom. The zero-order chi connectivity index (χ0) is 22.4. The van der Waals surface area contributed by atoms with E-state index in [9.17, 15) is 14.9 Å². The molecule has 1 aromatic heterocycles. The van der Waals surface area contributed by atoms with Gasteiger partial charge in [-0.2, -0.15) is 0 Å². The van der Waals surface area contributed by atoms with E-state index >= 15 is 0 Å². The number of amides is 1. The molecule has 0 aliphatic rings. The molecule has 2 aromatic carbocycles. The molecule has 31 heavy (non-hydrogen) atoms. The minimum absolute atomic E-state index is 0.0625. The first kappa shape index (κ1) is 21.9. The van der Waals surface area contributed by atoms with E-state index in [1.807, 2.05) is 24.3 Å². The van der Waals surface area contributed by atoms with Crippen molar-refractivity contribution in [1.82, 2.24) is 20.3 Å². The van der Waals surface area contributed by atoms with Crippen molar-refractivity contribution >= 4 is 11.6 Å².